The van der Waals surface area contributed by atoms with E-state index in [1.54, 1.807) is 0 Å². The van der Waals surface area contributed by atoms with E-state index in [1.165, 1.54) is 26.4 Å². The van der Waals surface area contributed by atoms with Crippen molar-refractivity contribution in [1.82, 2.24) is 0 Å². The highest BCUT2D eigenvalue weighted by Crippen LogP contribution is 2.26. The van der Waals surface area contributed by atoms with E-state index in [1.807, 2.05) is 0 Å². The van der Waals surface area contributed by atoms with Crippen LogP contribution in [0.2, 0.25) is 0 Å². The molecule has 0 bridgehead atoms. The Morgan fingerprint density at radius 1 is 0.818 bits per heavy atom. The van der Waals surface area contributed by atoms with Crippen molar-refractivity contribution in [1.29, 1.82) is 0 Å². The Morgan fingerprint density at radius 2 is 1.36 bits per heavy atom. The highest BCUT2D eigenvalue weighted by molar-refractivity contribution is 5.68. The van der Waals surface area contributed by atoms with Gasteiger partial charge in [0.15, 0.2) is 6.29 Å². The molecular weight excluding hydrogens is 428 g/mol. The Labute approximate surface area is 199 Å². The van der Waals surface area contributed by atoms with Gasteiger partial charge in [0.1, 0.15) is 24.4 Å². The molecular formula is C25H48O8. The minimum Gasteiger partial charge on any atom is -0.469 e. The van der Waals surface area contributed by atoms with Crippen LogP contribution < -0.4 is 0 Å². The third-order valence-corrected chi connectivity index (χ3v) is 6.44. The maximum atomic E-state index is 11.1. The summed E-state index contributed by atoms with van der Waals surface area (Å²) in [6.45, 7) is 1.72. The van der Waals surface area contributed by atoms with Gasteiger partial charge in [0.25, 0.3) is 0 Å². The van der Waals surface area contributed by atoms with Crippen molar-refractivity contribution in [3.63, 3.8) is 0 Å². The summed E-state index contributed by atoms with van der Waals surface area (Å²) >= 11 is 0. The number of ether oxygens (including phenoxy) is 3. The fourth-order valence-electron chi connectivity index (χ4n) is 4.25. The average Bonchev–Trinajstić information content (AvgIpc) is 2.82. The van der Waals surface area contributed by atoms with Crippen molar-refractivity contribution >= 4 is 5.97 Å². The number of carbonyl (C=O) groups excluding carboxylic acids is 1. The molecule has 4 N–H and O–H groups in total. The lowest BCUT2D eigenvalue weighted by Crippen LogP contribution is -2.59. The molecule has 33 heavy (non-hydrogen) atoms. The van der Waals surface area contributed by atoms with Gasteiger partial charge >= 0.3 is 5.97 Å². The lowest BCUT2D eigenvalue weighted by atomic mass is 9.98. The summed E-state index contributed by atoms with van der Waals surface area (Å²) in [5.41, 5.74) is 0. The number of aliphatic hydroxyl groups excluding tert-OH is 4. The molecule has 0 aromatic carbocycles. The molecule has 0 spiro atoms. The molecule has 0 radical (unpaired) electrons. The van der Waals surface area contributed by atoms with E-state index >= 15 is 0 Å². The third kappa shape index (κ3) is 12.5. The standard InChI is InChI=1S/C25H48O8/c1-3-4-5-12-15-19(32-25-24(30)23(29)22(28)20(18-26)33-25)16-13-10-8-6-7-9-11-14-17-21(27)31-2/h19-20,22-26,28-30H,3-18H2,1-2H3/t19?,20-,22-,23+,24+,25+/m1/s1. The topological polar surface area (TPSA) is 126 Å². The first kappa shape index (κ1) is 30.3. The molecule has 196 valence electrons. The molecule has 1 aliphatic heterocycles. The summed E-state index contributed by atoms with van der Waals surface area (Å²) < 4.78 is 16.2. The number of unbranched alkanes of at least 4 members (excludes halogenated alkanes) is 10. The van der Waals surface area contributed by atoms with Crippen LogP contribution in [0.25, 0.3) is 0 Å². The average molecular weight is 477 g/mol. The lowest BCUT2D eigenvalue weighted by molar-refractivity contribution is -0.312. The van der Waals surface area contributed by atoms with Gasteiger partial charge in [0, 0.05) is 6.42 Å². The number of carbonyl (C=O) groups is 1. The number of aliphatic hydroxyl groups is 4. The molecule has 6 atom stereocenters. The van der Waals surface area contributed by atoms with Gasteiger partial charge in [-0.3, -0.25) is 4.79 Å². The zero-order chi connectivity index (χ0) is 24.5. The number of esters is 1. The summed E-state index contributed by atoms with van der Waals surface area (Å²) in [6.07, 6.45) is 9.17. The second-order valence-corrected chi connectivity index (χ2v) is 9.25. The molecule has 1 rings (SSSR count). The molecule has 0 aliphatic carbocycles. The van der Waals surface area contributed by atoms with Crippen LogP contribution in [0.3, 0.4) is 0 Å². The number of rotatable bonds is 19. The summed E-state index contributed by atoms with van der Waals surface area (Å²) in [7, 11) is 1.42. The SMILES string of the molecule is CCCCCCC(CCCCCCCCCCC(=O)OC)O[C@H]1O[C@H](CO)[C@@H](O)[C@H](O)[C@@H]1O. The van der Waals surface area contributed by atoms with Crippen LogP contribution >= 0.6 is 0 Å². The monoisotopic (exact) mass is 476 g/mol. The Balaban J connectivity index is 2.33. The summed E-state index contributed by atoms with van der Waals surface area (Å²) in [4.78, 5) is 11.1. The second-order valence-electron chi connectivity index (χ2n) is 9.25. The van der Waals surface area contributed by atoms with Crippen molar-refractivity contribution in [2.75, 3.05) is 13.7 Å². The van der Waals surface area contributed by atoms with Crippen molar-refractivity contribution in [3.8, 4) is 0 Å². The quantitative estimate of drug-likeness (QED) is 0.165. The zero-order valence-electron chi connectivity index (χ0n) is 20.7. The van der Waals surface area contributed by atoms with E-state index < -0.39 is 37.3 Å². The van der Waals surface area contributed by atoms with Gasteiger partial charge in [-0.1, -0.05) is 77.6 Å². The summed E-state index contributed by atoms with van der Waals surface area (Å²) in [6, 6.07) is 0. The van der Waals surface area contributed by atoms with Crippen LogP contribution in [-0.4, -0.2) is 76.9 Å². The fourth-order valence-corrected chi connectivity index (χ4v) is 4.25. The molecule has 1 heterocycles. The maximum Gasteiger partial charge on any atom is 0.305 e. The minimum absolute atomic E-state index is 0.0957. The molecule has 1 saturated heterocycles. The lowest BCUT2D eigenvalue weighted by Gasteiger charge is -2.41. The van der Waals surface area contributed by atoms with Crippen molar-refractivity contribution in [2.24, 2.45) is 0 Å². The van der Waals surface area contributed by atoms with E-state index in [2.05, 4.69) is 11.7 Å². The van der Waals surface area contributed by atoms with Crippen molar-refractivity contribution < 1.29 is 39.4 Å². The number of hydrogen-bond donors (Lipinski definition) is 4. The first-order chi connectivity index (χ1) is 15.9. The van der Waals surface area contributed by atoms with Gasteiger partial charge < -0.3 is 34.6 Å². The second kappa shape index (κ2) is 18.5. The predicted molar refractivity (Wildman–Crippen MR) is 126 cm³/mol. The van der Waals surface area contributed by atoms with E-state index in [0.29, 0.717) is 6.42 Å². The predicted octanol–water partition coefficient (Wildman–Crippen LogP) is 3.22. The minimum atomic E-state index is -1.41. The van der Waals surface area contributed by atoms with Crippen LogP contribution in [0, 0.1) is 0 Å². The highest BCUT2D eigenvalue weighted by Gasteiger charge is 2.44. The van der Waals surface area contributed by atoms with Crippen LogP contribution in [0.4, 0.5) is 0 Å². The molecule has 0 aromatic heterocycles. The van der Waals surface area contributed by atoms with Crippen LogP contribution in [0.5, 0.6) is 0 Å². The Kier molecular flexibility index (Phi) is 17.0. The smallest absolute Gasteiger partial charge is 0.305 e. The summed E-state index contributed by atoms with van der Waals surface area (Å²) in [5, 5.41) is 39.7. The largest absolute Gasteiger partial charge is 0.469 e. The van der Waals surface area contributed by atoms with Gasteiger partial charge in [-0.15, -0.1) is 0 Å². The fraction of sp³-hybridized carbons (Fsp3) is 0.960. The van der Waals surface area contributed by atoms with Crippen LogP contribution in [-0.2, 0) is 19.0 Å². The van der Waals surface area contributed by atoms with E-state index in [4.69, 9.17) is 9.47 Å². The van der Waals surface area contributed by atoms with Gasteiger partial charge in [-0.05, 0) is 19.3 Å². The Hall–Kier alpha value is -0.770. The number of methoxy groups -OCH3 is 1. The highest BCUT2D eigenvalue weighted by atomic mass is 16.7. The van der Waals surface area contributed by atoms with Gasteiger partial charge in [0.05, 0.1) is 19.8 Å². The van der Waals surface area contributed by atoms with Crippen LogP contribution in [0.15, 0.2) is 0 Å². The van der Waals surface area contributed by atoms with E-state index in [0.717, 1.165) is 70.6 Å². The Bertz CT molecular complexity index is 487. The third-order valence-electron chi connectivity index (χ3n) is 6.44. The van der Waals surface area contributed by atoms with Gasteiger partial charge in [0.2, 0.25) is 0 Å². The van der Waals surface area contributed by atoms with Gasteiger partial charge in [-0.2, -0.15) is 0 Å². The Morgan fingerprint density at radius 3 is 1.91 bits per heavy atom. The molecule has 1 fully saturated rings. The normalized spacial score (nSPS) is 26.3. The molecule has 0 saturated carbocycles. The van der Waals surface area contributed by atoms with E-state index in [9.17, 15) is 25.2 Å². The molecule has 1 aliphatic rings. The maximum absolute atomic E-state index is 11.1. The zero-order valence-corrected chi connectivity index (χ0v) is 20.7. The molecule has 8 nitrogen and oxygen atoms in total. The van der Waals surface area contributed by atoms with Crippen molar-refractivity contribution in [3.05, 3.63) is 0 Å². The van der Waals surface area contributed by atoms with Crippen LogP contribution in [0.1, 0.15) is 103 Å². The summed E-state index contributed by atoms with van der Waals surface area (Å²) in [5.74, 6) is -0.134. The first-order valence-corrected chi connectivity index (χ1v) is 13.0. The molecule has 8 heteroatoms. The first-order valence-electron chi connectivity index (χ1n) is 13.0. The molecule has 0 aromatic rings. The van der Waals surface area contributed by atoms with Crippen molar-refractivity contribution in [2.45, 2.75) is 140 Å². The molecule has 0 amide bonds. The van der Waals surface area contributed by atoms with E-state index in [-0.39, 0.29) is 12.1 Å². The number of hydrogen-bond acceptors (Lipinski definition) is 8. The molecule has 1 unspecified atom stereocenters. The van der Waals surface area contributed by atoms with Gasteiger partial charge in [-0.25, -0.2) is 0 Å².